The Hall–Kier alpha value is -2.56. The van der Waals surface area contributed by atoms with Gasteiger partial charge < -0.3 is 9.64 Å². The monoisotopic (exact) mass is 489 g/mol. The van der Waals surface area contributed by atoms with Crippen LogP contribution in [-0.4, -0.2) is 70.2 Å². The summed E-state index contributed by atoms with van der Waals surface area (Å²) in [4.78, 5) is 27.7. The zero-order valence-electron chi connectivity index (χ0n) is 17.8. The molecule has 2 aromatic rings. The number of ether oxygens (including phenoxy) is 1. The van der Waals surface area contributed by atoms with Crippen LogP contribution in [-0.2, 0) is 24.4 Å². The smallest absolute Gasteiger partial charge is 0.254 e. The van der Waals surface area contributed by atoms with Crippen LogP contribution in [0.5, 0.6) is 0 Å². The molecule has 0 N–H and O–H groups in total. The summed E-state index contributed by atoms with van der Waals surface area (Å²) < 4.78 is 56.3. The van der Waals surface area contributed by atoms with Crippen molar-refractivity contribution in [3.8, 4) is 0 Å². The summed E-state index contributed by atoms with van der Waals surface area (Å²) in [5, 5.41) is 0. The quantitative estimate of drug-likeness (QED) is 0.549. The summed E-state index contributed by atoms with van der Waals surface area (Å²) in [6.45, 7) is 0.832. The first-order valence-corrected chi connectivity index (χ1v) is 14.1. The van der Waals surface area contributed by atoms with Crippen molar-refractivity contribution < 1.29 is 31.2 Å². The van der Waals surface area contributed by atoms with Crippen molar-refractivity contribution in [1.29, 1.82) is 0 Å². The van der Waals surface area contributed by atoms with Crippen molar-refractivity contribution in [3.63, 3.8) is 0 Å². The van der Waals surface area contributed by atoms with E-state index in [-0.39, 0.29) is 50.6 Å². The Balaban J connectivity index is 1.53. The number of fused-ring (bicyclic) bond motifs is 2. The predicted molar refractivity (Wildman–Crippen MR) is 119 cm³/mol. The highest BCUT2D eigenvalue weighted by Gasteiger charge is 2.39. The molecule has 1 amide bonds. The van der Waals surface area contributed by atoms with Gasteiger partial charge in [-0.25, -0.2) is 16.8 Å². The van der Waals surface area contributed by atoms with Crippen molar-refractivity contribution in [2.24, 2.45) is 0 Å². The lowest BCUT2D eigenvalue weighted by Crippen LogP contribution is -2.45. The van der Waals surface area contributed by atoms with Crippen LogP contribution in [0.15, 0.2) is 52.3 Å². The number of amides is 1. The van der Waals surface area contributed by atoms with Crippen LogP contribution in [0, 0.1) is 0 Å². The lowest BCUT2D eigenvalue weighted by molar-refractivity contribution is 0.0441. The van der Waals surface area contributed by atoms with Crippen molar-refractivity contribution in [2.45, 2.75) is 41.2 Å². The lowest BCUT2D eigenvalue weighted by Gasteiger charge is -2.31. The van der Waals surface area contributed by atoms with Crippen LogP contribution in [0.2, 0.25) is 0 Å². The minimum Gasteiger partial charge on any atom is -0.376 e. The maximum atomic E-state index is 13.6. The number of carbonyl (C=O) groups is 2. The van der Waals surface area contributed by atoms with Gasteiger partial charge >= 0.3 is 0 Å². The molecule has 0 bridgehead atoms. The summed E-state index contributed by atoms with van der Waals surface area (Å²) in [6, 6.07) is 9.56. The fourth-order valence-electron chi connectivity index (χ4n) is 4.81. The van der Waals surface area contributed by atoms with Crippen LogP contribution < -0.4 is 0 Å². The number of nitrogens with zero attached hydrogens (tertiary/aromatic N) is 1. The number of benzene rings is 2. The zero-order valence-corrected chi connectivity index (χ0v) is 19.4. The van der Waals surface area contributed by atoms with Gasteiger partial charge in [0.15, 0.2) is 15.6 Å². The number of hydrogen-bond acceptors (Lipinski definition) is 7. The third kappa shape index (κ3) is 3.89. The average Bonchev–Trinajstić information content (AvgIpc) is 3.44. The fraction of sp³-hybridized carbons (Fsp3) is 0.391. The zero-order chi connectivity index (χ0) is 23.4. The normalized spacial score (nSPS) is 24.8. The second-order valence-electron chi connectivity index (χ2n) is 8.69. The van der Waals surface area contributed by atoms with Gasteiger partial charge in [0.2, 0.25) is 9.84 Å². The Morgan fingerprint density at radius 2 is 1.76 bits per heavy atom. The third-order valence-corrected chi connectivity index (χ3v) is 10.1. The lowest BCUT2D eigenvalue weighted by atomic mass is 10.0. The minimum absolute atomic E-state index is 0.0107. The summed E-state index contributed by atoms with van der Waals surface area (Å²) in [7, 11) is -7.23. The number of carbonyl (C=O) groups excluding carboxylic acids is 2. The molecule has 8 nitrogen and oxygen atoms in total. The van der Waals surface area contributed by atoms with Crippen molar-refractivity contribution in [3.05, 3.63) is 59.2 Å². The Labute approximate surface area is 192 Å². The molecule has 2 atom stereocenters. The van der Waals surface area contributed by atoms with Gasteiger partial charge in [0.1, 0.15) is 0 Å². The molecule has 0 spiro atoms. The maximum Gasteiger partial charge on any atom is 0.254 e. The molecular weight excluding hydrogens is 466 g/mol. The highest BCUT2D eigenvalue weighted by molar-refractivity contribution is 7.92. The Morgan fingerprint density at radius 3 is 2.45 bits per heavy atom. The second kappa shape index (κ2) is 8.03. The average molecular weight is 490 g/mol. The van der Waals surface area contributed by atoms with E-state index in [1.807, 2.05) is 0 Å². The van der Waals surface area contributed by atoms with Crippen molar-refractivity contribution >= 4 is 31.4 Å². The Kier molecular flexibility index (Phi) is 5.42. The standard InChI is InChI=1S/C23H23NO7S2/c25-22-18-5-1-2-6-20(18)33(29,30)21-12-15(7-8-19(21)22)23(26)24(13-17-4-3-10-31-17)16-9-11-32(27,28)14-16/h1-2,5-8,12,16-17H,3-4,9-11,13-14H2/t16-,17+/m1/s1. The van der Waals surface area contributed by atoms with E-state index in [1.54, 1.807) is 12.1 Å². The number of ketones is 1. The predicted octanol–water partition coefficient (Wildman–Crippen LogP) is 1.87. The van der Waals surface area contributed by atoms with Gasteiger partial charge in [0.25, 0.3) is 5.91 Å². The summed E-state index contributed by atoms with van der Waals surface area (Å²) >= 11 is 0. The highest BCUT2D eigenvalue weighted by Crippen LogP contribution is 2.35. The number of sulfone groups is 2. The van der Waals surface area contributed by atoms with Crippen molar-refractivity contribution in [2.75, 3.05) is 24.7 Å². The van der Waals surface area contributed by atoms with Gasteiger partial charge in [-0.15, -0.1) is 0 Å². The summed E-state index contributed by atoms with van der Waals surface area (Å²) in [6.07, 6.45) is 1.78. The maximum absolute atomic E-state index is 13.6. The highest BCUT2D eigenvalue weighted by atomic mass is 32.2. The van der Waals surface area contributed by atoms with E-state index < -0.39 is 37.4 Å². The molecule has 5 rings (SSSR count). The van der Waals surface area contributed by atoms with E-state index in [9.17, 15) is 26.4 Å². The van der Waals surface area contributed by atoms with Crippen LogP contribution in [0.3, 0.4) is 0 Å². The van der Waals surface area contributed by atoms with E-state index in [1.165, 1.54) is 35.2 Å². The van der Waals surface area contributed by atoms with E-state index in [4.69, 9.17) is 4.74 Å². The van der Waals surface area contributed by atoms with E-state index >= 15 is 0 Å². The molecule has 0 radical (unpaired) electrons. The largest absolute Gasteiger partial charge is 0.376 e. The number of rotatable bonds is 4. The first kappa shape index (κ1) is 22.2. The molecule has 2 aromatic carbocycles. The molecule has 3 aliphatic heterocycles. The second-order valence-corrected chi connectivity index (χ2v) is 12.8. The first-order chi connectivity index (χ1) is 15.7. The van der Waals surface area contributed by atoms with E-state index in [2.05, 4.69) is 0 Å². The van der Waals surface area contributed by atoms with Crippen LogP contribution in [0.4, 0.5) is 0 Å². The van der Waals surface area contributed by atoms with Crippen LogP contribution in [0.1, 0.15) is 45.5 Å². The topological polar surface area (TPSA) is 115 Å². The SMILES string of the molecule is O=C1c2ccccc2S(=O)(=O)c2cc(C(=O)N(C[C@@H]3CCCO3)[C@@H]3CCS(=O)(=O)C3)ccc21. The summed E-state index contributed by atoms with van der Waals surface area (Å²) in [5.41, 5.74) is 0.242. The van der Waals surface area contributed by atoms with Gasteiger partial charge in [-0.2, -0.15) is 0 Å². The van der Waals surface area contributed by atoms with Gasteiger partial charge in [-0.3, -0.25) is 9.59 Å². The van der Waals surface area contributed by atoms with E-state index in [0.29, 0.717) is 13.0 Å². The van der Waals surface area contributed by atoms with Crippen molar-refractivity contribution in [1.82, 2.24) is 4.90 Å². The molecule has 0 saturated carbocycles. The minimum atomic E-state index is -3.99. The molecule has 10 heteroatoms. The molecule has 3 aliphatic rings. The Morgan fingerprint density at radius 1 is 1.00 bits per heavy atom. The molecule has 2 fully saturated rings. The van der Waals surface area contributed by atoms with Crippen LogP contribution in [0.25, 0.3) is 0 Å². The number of hydrogen-bond donors (Lipinski definition) is 0. The molecule has 2 saturated heterocycles. The van der Waals surface area contributed by atoms with Crippen LogP contribution >= 0.6 is 0 Å². The molecule has 33 heavy (non-hydrogen) atoms. The third-order valence-electron chi connectivity index (χ3n) is 6.52. The summed E-state index contributed by atoms with van der Waals surface area (Å²) in [5.74, 6) is -0.985. The van der Waals surface area contributed by atoms with E-state index in [0.717, 1.165) is 12.8 Å². The van der Waals surface area contributed by atoms with Gasteiger partial charge in [0.05, 0.1) is 27.4 Å². The van der Waals surface area contributed by atoms with Gasteiger partial charge in [-0.1, -0.05) is 12.1 Å². The first-order valence-electron chi connectivity index (χ1n) is 10.8. The molecule has 0 aliphatic carbocycles. The fourth-order valence-corrected chi connectivity index (χ4v) is 8.22. The molecule has 3 heterocycles. The molecule has 174 valence electrons. The molecule has 0 unspecified atom stereocenters. The molecule has 0 aromatic heterocycles. The van der Waals surface area contributed by atoms with Gasteiger partial charge in [0, 0.05) is 35.9 Å². The van der Waals surface area contributed by atoms with Gasteiger partial charge in [-0.05, 0) is 49.6 Å². The molecular formula is C23H23NO7S2. The Bertz CT molecular complexity index is 1360.